The van der Waals surface area contributed by atoms with Crippen LogP contribution in [0.15, 0.2) is 36.4 Å². The molecule has 1 amide bonds. The number of nitrogens with zero attached hydrogens (tertiary/aromatic N) is 3. The smallest absolute Gasteiger partial charge is 0.272 e. The monoisotopic (exact) mass is 322 g/mol. The molecule has 1 N–H and O–H groups in total. The van der Waals surface area contributed by atoms with Crippen molar-refractivity contribution < 1.29 is 4.79 Å². The van der Waals surface area contributed by atoms with Crippen molar-refractivity contribution in [1.82, 2.24) is 15.5 Å². The molecular formula is C19H22N4O. The van der Waals surface area contributed by atoms with Gasteiger partial charge in [0.15, 0.2) is 11.5 Å². The average Bonchev–Trinajstić information content (AvgIpc) is 3.07. The van der Waals surface area contributed by atoms with Crippen molar-refractivity contribution in [2.75, 3.05) is 11.4 Å². The van der Waals surface area contributed by atoms with Gasteiger partial charge in [-0.25, -0.2) is 0 Å². The number of amides is 1. The van der Waals surface area contributed by atoms with E-state index in [1.54, 1.807) is 6.07 Å². The van der Waals surface area contributed by atoms with E-state index in [-0.39, 0.29) is 11.9 Å². The molecule has 2 aliphatic rings. The van der Waals surface area contributed by atoms with E-state index < -0.39 is 0 Å². The zero-order valence-electron chi connectivity index (χ0n) is 13.7. The molecule has 0 spiro atoms. The lowest BCUT2D eigenvalue weighted by Crippen LogP contribution is -2.36. The molecular weight excluding hydrogens is 300 g/mol. The van der Waals surface area contributed by atoms with E-state index >= 15 is 0 Å². The van der Waals surface area contributed by atoms with E-state index in [1.807, 2.05) is 12.1 Å². The van der Waals surface area contributed by atoms with Gasteiger partial charge >= 0.3 is 0 Å². The molecule has 0 saturated heterocycles. The van der Waals surface area contributed by atoms with Crippen molar-refractivity contribution in [2.45, 2.75) is 44.6 Å². The van der Waals surface area contributed by atoms with Gasteiger partial charge < -0.3 is 10.2 Å². The molecule has 0 atom stereocenters. The van der Waals surface area contributed by atoms with Crippen molar-refractivity contribution in [1.29, 1.82) is 0 Å². The molecule has 1 aromatic carbocycles. The van der Waals surface area contributed by atoms with Crippen LogP contribution in [0.25, 0.3) is 0 Å². The number of hydrogen-bond donors (Lipinski definition) is 1. The summed E-state index contributed by atoms with van der Waals surface area (Å²) in [4.78, 5) is 14.5. The SMILES string of the molecule is O=C(NC1CCCCC1)c1ccc(N2CCc3ccccc32)nn1. The van der Waals surface area contributed by atoms with Crippen molar-refractivity contribution >= 4 is 17.4 Å². The first-order valence-electron chi connectivity index (χ1n) is 8.81. The highest BCUT2D eigenvalue weighted by molar-refractivity contribution is 5.92. The fourth-order valence-corrected chi connectivity index (χ4v) is 3.67. The maximum Gasteiger partial charge on any atom is 0.272 e. The molecule has 1 saturated carbocycles. The van der Waals surface area contributed by atoms with Crippen LogP contribution in [-0.2, 0) is 6.42 Å². The molecule has 1 aromatic heterocycles. The van der Waals surface area contributed by atoms with E-state index in [9.17, 15) is 4.79 Å². The molecule has 1 aliphatic heterocycles. The minimum absolute atomic E-state index is 0.109. The number of aromatic nitrogens is 2. The van der Waals surface area contributed by atoms with Gasteiger partial charge in [0.1, 0.15) is 0 Å². The molecule has 4 rings (SSSR count). The molecule has 1 aliphatic carbocycles. The fourth-order valence-electron chi connectivity index (χ4n) is 3.67. The summed E-state index contributed by atoms with van der Waals surface area (Å²) in [5.41, 5.74) is 2.92. The van der Waals surface area contributed by atoms with Crippen molar-refractivity contribution in [3.63, 3.8) is 0 Å². The molecule has 1 fully saturated rings. The van der Waals surface area contributed by atoms with Crippen molar-refractivity contribution in [2.24, 2.45) is 0 Å². The van der Waals surface area contributed by atoms with Gasteiger partial charge in [-0.3, -0.25) is 4.79 Å². The van der Waals surface area contributed by atoms with Crippen LogP contribution in [0.1, 0.15) is 48.2 Å². The Morgan fingerprint density at radius 1 is 1.04 bits per heavy atom. The van der Waals surface area contributed by atoms with Crippen LogP contribution >= 0.6 is 0 Å². The quantitative estimate of drug-likeness (QED) is 0.942. The normalized spacial score (nSPS) is 17.6. The first-order valence-corrected chi connectivity index (χ1v) is 8.81. The lowest BCUT2D eigenvalue weighted by molar-refractivity contribution is 0.0921. The van der Waals surface area contributed by atoms with E-state index in [1.165, 1.54) is 30.5 Å². The van der Waals surface area contributed by atoms with Gasteiger partial charge in [-0.15, -0.1) is 10.2 Å². The number of fused-ring (bicyclic) bond motifs is 1. The van der Waals surface area contributed by atoms with E-state index in [4.69, 9.17) is 0 Å². The number of para-hydroxylation sites is 1. The largest absolute Gasteiger partial charge is 0.348 e. The first kappa shape index (κ1) is 15.1. The zero-order valence-corrected chi connectivity index (χ0v) is 13.7. The number of nitrogens with one attached hydrogen (secondary N) is 1. The molecule has 24 heavy (non-hydrogen) atoms. The number of carbonyl (C=O) groups is 1. The molecule has 0 bridgehead atoms. The van der Waals surface area contributed by atoms with E-state index in [0.717, 1.165) is 31.6 Å². The predicted octanol–water partition coefficient (Wildman–Crippen LogP) is 3.23. The molecule has 124 valence electrons. The Balaban J connectivity index is 1.46. The van der Waals surface area contributed by atoms with Gasteiger partial charge in [0.05, 0.1) is 0 Å². The first-order chi connectivity index (χ1) is 11.8. The predicted molar refractivity (Wildman–Crippen MR) is 93.5 cm³/mol. The van der Waals surface area contributed by atoms with Gasteiger partial charge in [-0.05, 0) is 43.0 Å². The Morgan fingerprint density at radius 3 is 2.67 bits per heavy atom. The van der Waals surface area contributed by atoms with Gasteiger partial charge in [0, 0.05) is 18.3 Å². The zero-order chi connectivity index (χ0) is 16.4. The summed E-state index contributed by atoms with van der Waals surface area (Å²) in [6.07, 6.45) is 6.83. The van der Waals surface area contributed by atoms with E-state index in [2.05, 4.69) is 38.6 Å². The highest BCUT2D eigenvalue weighted by atomic mass is 16.2. The lowest BCUT2D eigenvalue weighted by Gasteiger charge is -2.22. The number of benzene rings is 1. The summed E-state index contributed by atoms with van der Waals surface area (Å²) in [6, 6.07) is 12.3. The Hall–Kier alpha value is -2.43. The second-order valence-corrected chi connectivity index (χ2v) is 6.62. The topological polar surface area (TPSA) is 58.1 Å². The van der Waals surface area contributed by atoms with Crippen LogP contribution < -0.4 is 10.2 Å². The average molecular weight is 322 g/mol. The highest BCUT2D eigenvalue weighted by Gasteiger charge is 2.22. The molecule has 2 heterocycles. The fraction of sp³-hybridized carbons (Fsp3) is 0.421. The summed E-state index contributed by atoms with van der Waals surface area (Å²) in [5.74, 6) is 0.692. The maximum atomic E-state index is 12.3. The second kappa shape index (κ2) is 6.59. The van der Waals surface area contributed by atoms with Crippen LogP contribution in [0.2, 0.25) is 0 Å². The molecule has 0 radical (unpaired) electrons. The summed E-state index contributed by atoms with van der Waals surface area (Å²) in [6.45, 7) is 0.904. The third kappa shape index (κ3) is 2.98. The summed E-state index contributed by atoms with van der Waals surface area (Å²) in [7, 11) is 0. The van der Waals surface area contributed by atoms with Gasteiger partial charge in [0.25, 0.3) is 5.91 Å². The molecule has 0 unspecified atom stereocenters. The third-order valence-electron chi connectivity index (χ3n) is 4.99. The molecule has 2 aromatic rings. The van der Waals surface area contributed by atoms with Gasteiger partial charge in [-0.2, -0.15) is 0 Å². The minimum Gasteiger partial charge on any atom is -0.348 e. The number of anilines is 2. The van der Waals surface area contributed by atoms with Crippen LogP contribution in [0.3, 0.4) is 0 Å². The maximum absolute atomic E-state index is 12.3. The van der Waals surface area contributed by atoms with Crippen LogP contribution in [-0.4, -0.2) is 28.7 Å². The Morgan fingerprint density at radius 2 is 1.88 bits per heavy atom. The van der Waals surface area contributed by atoms with Crippen molar-refractivity contribution in [3.05, 3.63) is 47.7 Å². The summed E-state index contributed by atoms with van der Waals surface area (Å²) < 4.78 is 0. The minimum atomic E-state index is -0.109. The summed E-state index contributed by atoms with van der Waals surface area (Å²) >= 11 is 0. The second-order valence-electron chi connectivity index (χ2n) is 6.62. The lowest BCUT2D eigenvalue weighted by atomic mass is 9.95. The Kier molecular flexibility index (Phi) is 4.15. The highest BCUT2D eigenvalue weighted by Crippen LogP contribution is 2.32. The number of hydrogen-bond acceptors (Lipinski definition) is 4. The summed E-state index contributed by atoms with van der Waals surface area (Å²) in [5, 5.41) is 11.5. The van der Waals surface area contributed by atoms with Crippen molar-refractivity contribution in [3.8, 4) is 0 Å². The van der Waals surface area contributed by atoms with Gasteiger partial charge in [-0.1, -0.05) is 37.5 Å². The Labute approximate surface area is 142 Å². The standard InChI is InChI=1S/C19H22N4O/c24-19(20-15-7-2-1-3-8-15)16-10-11-18(22-21-16)23-13-12-14-6-4-5-9-17(14)23/h4-6,9-11,15H,1-3,7-8,12-13H2,(H,20,24). The van der Waals surface area contributed by atoms with Crippen LogP contribution in [0.5, 0.6) is 0 Å². The van der Waals surface area contributed by atoms with E-state index in [0.29, 0.717) is 5.69 Å². The number of rotatable bonds is 3. The Bertz CT molecular complexity index is 722. The molecule has 5 nitrogen and oxygen atoms in total. The number of carbonyl (C=O) groups excluding carboxylic acids is 1. The van der Waals surface area contributed by atoms with Crippen LogP contribution in [0.4, 0.5) is 11.5 Å². The van der Waals surface area contributed by atoms with Crippen LogP contribution in [0, 0.1) is 0 Å². The van der Waals surface area contributed by atoms with Gasteiger partial charge in [0.2, 0.25) is 0 Å². The molecule has 5 heteroatoms. The third-order valence-corrected chi connectivity index (χ3v) is 4.99.